The molecule has 0 spiro atoms. The van der Waals surface area contributed by atoms with Crippen LogP contribution in [0.3, 0.4) is 0 Å². The topological polar surface area (TPSA) is 89.0 Å². The molecule has 1 saturated heterocycles. The minimum atomic E-state index is -0.862. The summed E-state index contributed by atoms with van der Waals surface area (Å²) in [6.45, 7) is 2.93. The van der Waals surface area contributed by atoms with Crippen LogP contribution < -0.4 is 9.47 Å². The Hall–Kier alpha value is -2.61. The van der Waals surface area contributed by atoms with Crippen molar-refractivity contribution >= 4 is 23.2 Å². The minimum Gasteiger partial charge on any atom is -0.493 e. The SMILES string of the molecule is COc1cc(C(=O)N2CC[C@@H](C(=O)O)C2)ccc1OCc1csc(C)n1. The number of thiazole rings is 1. The van der Waals surface area contributed by atoms with E-state index in [9.17, 15) is 9.59 Å². The van der Waals surface area contributed by atoms with Gasteiger partial charge in [-0.1, -0.05) is 0 Å². The molecule has 1 amide bonds. The molecule has 1 aliphatic heterocycles. The predicted molar refractivity (Wildman–Crippen MR) is 95.8 cm³/mol. The number of nitrogens with zero attached hydrogens (tertiary/aromatic N) is 2. The van der Waals surface area contributed by atoms with Crippen LogP contribution in [0, 0.1) is 12.8 Å². The van der Waals surface area contributed by atoms with E-state index in [1.54, 1.807) is 34.4 Å². The van der Waals surface area contributed by atoms with Crippen LogP contribution >= 0.6 is 11.3 Å². The van der Waals surface area contributed by atoms with Gasteiger partial charge in [-0.2, -0.15) is 0 Å². The van der Waals surface area contributed by atoms with E-state index < -0.39 is 11.9 Å². The summed E-state index contributed by atoms with van der Waals surface area (Å²) in [4.78, 5) is 29.6. The summed E-state index contributed by atoms with van der Waals surface area (Å²) < 4.78 is 11.1. The highest BCUT2D eigenvalue weighted by atomic mass is 32.1. The van der Waals surface area contributed by atoms with Gasteiger partial charge in [0, 0.05) is 24.0 Å². The molecular weight excluding hydrogens is 356 g/mol. The van der Waals surface area contributed by atoms with Crippen LogP contribution in [0.4, 0.5) is 0 Å². The first kappa shape index (κ1) is 18.2. The lowest BCUT2D eigenvalue weighted by atomic mass is 10.1. The van der Waals surface area contributed by atoms with Crippen molar-refractivity contribution in [3.63, 3.8) is 0 Å². The Balaban J connectivity index is 1.69. The Kier molecular flexibility index (Phi) is 5.41. The number of carboxylic acid groups (broad SMARTS) is 1. The number of benzene rings is 1. The Labute approximate surface area is 155 Å². The number of aryl methyl sites for hydroxylation is 1. The molecule has 138 valence electrons. The van der Waals surface area contributed by atoms with E-state index in [0.29, 0.717) is 36.6 Å². The zero-order valence-corrected chi connectivity index (χ0v) is 15.4. The third-order valence-corrected chi connectivity index (χ3v) is 5.10. The molecule has 7 nitrogen and oxygen atoms in total. The molecule has 1 aromatic heterocycles. The van der Waals surface area contributed by atoms with E-state index in [-0.39, 0.29) is 12.5 Å². The fraction of sp³-hybridized carbons (Fsp3) is 0.389. The molecule has 1 aliphatic rings. The molecule has 1 aromatic carbocycles. The summed E-state index contributed by atoms with van der Waals surface area (Å²) in [5, 5.41) is 12.0. The Morgan fingerprint density at radius 3 is 2.81 bits per heavy atom. The van der Waals surface area contributed by atoms with Gasteiger partial charge >= 0.3 is 5.97 Å². The molecule has 2 aromatic rings. The largest absolute Gasteiger partial charge is 0.493 e. The summed E-state index contributed by atoms with van der Waals surface area (Å²) in [6, 6.07) is 4.98. The molecule has 0 aliphatic carbocycles. The number of hydrogen-bond donors (Lipinski definition) is 1. The summed E-state index contributed by atoms with van der Waals surface area (Å²) in [5.74, 6) is -0.575. The maximum Gasteiger partial charge on any atom is 0.308 e. The van der Waals surface area contributed by atoms with Gasteiger partial charge < -0.3 is 19.5 Å². The fourth-order valence-corrected chi connectivity index (χ4v) is 3.47. The van der Waals surface area contributed by atoms with Gasteiger partial charge in [-0.25, -0.2) is 4.98 Å². The monoisotopic (exact) mass is 376 g/mol. The molecule has 0 unspecified atom stereocenters. The van der Waals surface area contributed by atoms with Gasteiger partial charge in [-0.3, -0.25) is 9.59 Å². The number of carbonyl (C=O) groups excluding carboxylic acids is 1. The van der Waals surface area contributed by atoms with Crippen molar-refractivity contribution in [2.45, 2.75) is 20.0 Å². The summed E-state index contributed by atoms with van der Waals surface area (Å²) in [5.41, 5.74) is 1.29. The van der Waals surface area contributed by atoms with E-state index in [4.69, 9.17) is 14.6 Å². The van der Waals surface area contributed by atoms with Gasteiger partial charge in [0.15, 0.2) is 11.5 Å². The Morgan fingerprint density at radius 1 is 1.38 bits per heavy atom. The molecule has 0 saturated carbocycles. The number of methoxy groups -OCH3 is 1. The molecular formula is C18H20N2O5S. The maximum absolute atomic E-state index is 12.6. The van der Waals surface area contributed by atoms with Crippen LogP contribution in [-0.2, 0) is 11.4 Å². The van der Waals surface area contributed by atoms with Crippen LogP contribution in [0.5, 0.6) is 11.5 Å². The Morgan fingerprint density at radius 2 is 2.19 bits per heavy atom. The van der Waals surface area contributed by atoms with Crippen LogP contribution in [0.25, 0.3) is 0 Å². The van der Waals surface area contributed by atoms with Crippen LogP contribution in [-0.4, -0.2) is 47.1 Å². The lowest BCUT2D eigenvalue weighted by Gasteiger charge is -2.17. The number of aromatic nitrogens is 1. The van der Waals surface area contributed by atoms with Gasteiger partial charge in [-0.15, -0.1) is 11.3 Å². The second-order valence-corrected chi connectivity index (χ2v) is 7.15. The standard InChI is InChI=1S/C18H20N2O5S/c1-11-19-14(10-26-11)9-25-15-4-3-12(7-16(15)24-2)17(21)20-6-5-13(8-20)18(22)23/h3-4,7,10,13H,5-6,8-9H2,1-2H3,(H,22,23)/t13-/m1/s1. The number of aliphatic carboxylic acids is 1. The van der Waals surface area contributed by atoms with E-state index in [0.717, 1.165) is 10.7 Å². The highest BCUT2D eigenvalue weighted by Gasteiger charge is 2.31. The zero-order chi connectivity index (χ0) is 18.7. The number of likely N-dealkylation sites (tertiary alicyclic amines) is 1. The molecule has 0 bridgehead atoms. The Bertz CT molecular complexity index is 820. The van der Waals surface area contributed by atoms with Crippen LogP contribution in [0.1, 0.15) is 27.5 Å². The molecule has 8 heteroatoms. The highest BCUT2D eigenvalue weighted by Crippen LogP contribution is 2.30. The first-order valence-electron chi connectivity index (χ1n) is 8.22. The lowest BCUT2D eigenvalue weighted by molar-refractivity contribution is -0.141. The first-order valence-corrected chi connectivity index (χ1v) is 9.10. The van der Waals surface area contributed by atoms with Gasteiger partial charge in [0.2, 0.25) is 0 Å². The van der Waals surface area contributed by atoms with Crippen molar-refractivity contribution in [2.75, 3.05) is 20.2 Å². The van der Waals surface area contributed by atoms with Crippen molar-refractivity contribution in [3.05, 3.63) is 39.8 Å². The molecule has 3 rings (SSSR count). The normalized spacial score (nSPS) is 16.5. The molecule has 26 heavy (non-hydrogen) atoms. The quantitative estimate of drug-likeness (QED) is 0.834. The smallest absolute Gasteiger partial charge is 0.308 e. The third-order valence-electron chi connectivity index (χ3n) is 4.28. The van der Waals surface area contributed by atoms with Crippen LogP contribution in [0.15, 0.2) is 23.6 Å². The number of rotatable bonds is 6. The number of ether oxygens (including phenoxy) is 2. The van der Waals surface area contributed by atoms with Crippen molar-refractivity contribution < 1.29 is 24.2 Å². The second-order valence-electron chi connectivity index (χ2n) is 6.09. The zero-order valence-electron chi connectivity index (χ0n) is 14.6. The first-order chi connectivity index (χ1) is 12.5. The number of hydrogen-bond acceptors (Lipinski definition) is 6. The summed E-state index contributed by atoms with van der Waals surface area (Å²) in [6.07, 6.45) is 0.479. The van der Waals surface area contributed by atoms with Gasteiger partial charge in [0.1, 0.15) is 6.61 Å². The molecule has 1 N–H and O–H groups in total. The average Bonchev–Trinajstić information content (AvgIpc) is 3.28. The van der Waals surface area contributed by atoms with Crippen molar-refractivity contribution in [2.24, 2.45) is 5.92 Å². The number of carboxylic acids is 1. The van der Waals surface area contributed by atoms with Crippen molar-refractivity contribution in [1.82, 2.24) is 9.88 Å². The fourth-order valence-electron chi connectivity index (χ4n) is 2.87. The van der Waals surface area contributed by atoms with Gasteiger partial charge in [0.25, 0.3) is 5.91 Å². The number of amides is 1. The molecule has 0 radical (unpaired) electrons. The predicted octanol–water partition coefficient (Wildman–Crippen LogP) is 2.59. The number of carbonyl (C=O) groups is 2. The van der Waals surface area contributed by atoms with E-state index in [2.05, 4.69) is 4.98 Å². The molecule has 2 heterocycles. The summed E-state index contributed by atoms with van der Waals surface area (Å²) in [7, 11) is 1.51. The van der Waals surface area contributed by atoms with E-state index >= 15 is 0 Å². The second kappa shape index (κ2) is 7.74. The van der Waals surface area contributed by atoms with Crippen LogP contribution in [0.2, 0.25) is 0 Å². The molecule has 1 atom stereocenters. The van der Waals surface area contributed by atoms with Crippen molar-refractivity contribution in [3.8, 4) is 11.5 Å². The van der Waals surface area contributed by atoms with Crippen molar-refractivity contribution in [1.29, 1.82) is 0 Å². The summed E-state index contributed by atoms with van der Waals surface area (Å²) >= 11 is 1.56. The minimum absolute atomic E-state index is 0.200. The average molecular weight is 376 g/mol. The lowest BCUT2D eigenvalue weighted by Crippen LogP contribution is -2.29. The van der Waals surface area contributed by atoms with E-state index in [1.165, 1.54) is 7.11 Å². The highest BCUT2D eigenvalue weighted by molar-refractivity contribution is 7.09. The van der Waals surface area contributed by atoms with Gasteiger partial charge in [-0.05, 0) is 31.5 Å². The molecule has 1 fully saturated rings. The third kappa shape index (κ3) is 3.96. The van der Waals surface area contributed by atoms with E-state index in [1.807, 2.05) is 12.3 Å². The maximum atomic E-state index is 12.6. The van der Waals surface area contributed by atoms with Gasteiger partial charge in [0.05, 0.1) is 23.7 Å².